The Bertz CT molecular complexity index is 942. The van der Waals surface area contributed by atoms with Crippen molar-refractivity contribution in [1.29, 1.82) is 0 Å². The molecule has 0 bridgehead atoms. The summed E-state index contributed by atoms with van der Waals surface area (Å²) in [5, 5.41) is 7.83. The quantitative estimate of drug-likeness (QED) is 0.627. The summed E-state index contributed by atoms with van der Waals surface area (Å²) in [6.45, 7) is 2.78. The second kappa shape index (κ2) is 5.51. The maximum atomic E-state index is 14.5. The third-order valence-corrected chi connectivity index (χ3v) is 4.43. The molecule has 132 valence electrons. The molecule has 3 heterocycles. The molecule has 0 amide bonds. The van der Waals surface area contributed by atoms with Crippen LogP contribution in [0.5, 0.6) is 0 Å². The molecule has 25 heavy (non-hydrogen) atoms. The van der Waals surface area contributed by atoms with E-state index in [0.717, 1.165) is 13.1 Å². The molecule has 0 saturated carbocycles. The van der Waals surface area contributed by atoms with Crippen molar-refractivity contribution >= 4 is 22.5 Å². The van der Waals surface area contributed by atoms with Gasteiger partial charge in [-0.05, 0) is 19.2 Å². The lowest BCUT2D eigenvalue weighted by molar-refractivity contribution is -0.139. The van der Waals surface area contributed by atoms with Crippen molar-refractivity contribution in [3.05, 3.63) is 29.8 Å². The van der Waals surface area contributed by atoms with Gasteiger partial charge in [0.05, 0.1) is 11.1 Å². The molecule has 3 aromatic rings. The van der Waals surface area contributed by atoms with E-state index >= 15 is 0 Å². The minimum atomic E-state index is -4.78. The van der Waals surface area contributed by atoms with E-state index in [1.54, 1.807) is 0 Å². The van der Waals surface area contributed by atoms with E-state index in [0.29, 0.717) is 30.6 Å². The van der Waals surface area contributed by atoms with Crippen molar-refractivity contribution in [3.63, 3.8) is 0 Å². The zero-order valence-corrected chi connectivity index (χ0v) is 13.3. The standard InChI is InChI=1S/C15H14F4N6/c1-23-4-6-24(7-5-23)13-14-22-20-8-25(14)10-3-2-9(15(17,18)19)11(16)12(10)21-13/h2-3,8H,4-7H2,1H3. The molecule has 0 aliphatic carbocycles. The molecule has 6 nitrogen and oxygen atoms in total. The highest BCUT2D eigenvalue weighted by Crippen LogP contribution is 2.35. The highest BCUT2D eigenvalue weighted by Gasteiger charge is 2.35. The molecular weight excluding hydrogens is 340 g/mol. The maximum absolute atomic E-state index is 14.5. The van der Waals surface area contributed by atoms with Gasteiger partial charge >= 0.3 is 6.18 Å². The minimum Gasteiger partial charge on any atom is -0.351 e. The lowest BCUT2D eigenvalue weighted by atomic mass is 10.1. The average molecular weight is 354 g/mol. The van der Waals surface area contributed by atoms with Gasteiger partial charge in [-0.3, -0.25) is 4.40 Å². The van der Waals surface area contributed by atoms with Crippen molar-refractivity contribution in [2.45, 2.75) is 6.18 Å². The fourth-order valence-corrected chi connectivity index (χ4v) is 3.02. The van der Waals surface area contributed by atoms with Crippen molar-refractivity contribution in [3.8, 4) is 0 Å². The van der Waals surface area contributed by atoms with Crippen molar-refractivity contribution in [1.82, 2.24) is 24.5 Å². The Kier molecular flexibility index (Phi) is 3.53. The number of rotatable bonds is 1. The monoisotopic (exact) mass is 354 g/mol. The molecule has 1 aliphatic heterocycles. The van der Waals surface area contributed by atoms with Crippen LogP contribution in [0.25, 0.3) is 16.7 Å². The normalized spacial score (nSPS) is 16.9. The number of hydrogen-bond donors (Lipinski definition) is 0. The van der Waals surface area contributed by atoms with E-state index < -0.39 is 17.6 Å². The first-order valence-corrected chi connectivity index (χ1v) is 7.69. The van der Waals surface area contributed by atoms with Gasteiger partial charge in [-0.15, -0.1) is 10.2 Å². The van der Waals surface area contributed by atoms with E-state index in [1.807, 2.05) is 11.9 Å². The first-order valence-electron chi connectivity index (χ1n) is 7.69. The summed E-state index contributed by atoms with van der Waals surface area (Å²) in [6.07, 6.45) is -3.43. The van der Waals surface area contributed by atoms with E-state index in [4.69, 9.17) is 0 Å². The fraction of sp³-hybridized carbons (Fsp3) is 0.400. The largest absolute Gasteiger partial charge is 0.419 e. The Morgan fingerprint density at radius 3 is 2.48 bits per heavy atom. The number of anilines is 1. The minimum absolute atomic E-state index is 0.198. The number of likely N-dealkylation sites (N-methyl/N-ethyl adjacent to an activating group) is 1. The molecule has 4 rings (SSSR count). The zero-order valence-electron chi connectivity index (χ0n) is 13.3. The first kappa shape index (κ1) is 16.0. The summed E-state index contributed by atoms with van der Waals surface area (Å²) >= 11 is 0. The topological polar surface area (TPSA) is 49.6 Å². The molecule has 1 saturated heterocycles. The van der Waals surface area contributed by atoms with Gasteiger partial charge in [0.2, 0.25) is 5.65 Å². The molecule has 0 atom stereocenters. The summed E-state index contributed by atoms with van der Waals surface area (Å²) in [4.78, 5) is 8.22. The number of nitrogens with zero attached hydrogens (tertiary/aromatic N) is 6. The Hall–Kier alpha value is -2.49. The second-order valence-electron chi connectivity index (χ2n) is 6.04. The van der Waals surface area contributed by atoms with Crippen LogP contribution in [-0.4, -0.2) is 57.7 Å². The van der Waals surface area contributed by atoms with Crippen molar-refractivity contribution in [2.75, 3.05) is 38.1 Å². The molecule has 1 fully saturated rings. The van der Waals surface area contributed by atoms with E-state index in [9.17, 15) is 17.6 Å². The molecular formula is C15H14F4N6. The molecule has 0 N–H and O–H groups in total. The van der Waals surface area contributed by atoms with Crippen LogP contribution in [-0.2, 0) is 6.18 Å². The first-order chi connectivity index (χ1) is 11.9. The lowest BCUT2D eigenvalue weighted by Crippen LogP contribution is -2.45. The number of piperazine rings is 1. The van der Waals surface area contributed by atoms with Gasteiger partial charge in [0, 0.05) is 26.2 Å². The van der Waals surface area contributed by atoms with Gasteiger partial charge in [0.25, 0.3) is 0 Å². The Balaban J connectivity index is 1.96. The fourth-order valence-electron chi connectivity index (χ4n) is 3.02. The molecule has 10 heteroatoms. The molecule has 2 aromatic heterocycles. The molecule has 1 aliphatic rings. The highest BCUT2D eigenvalue weighted by molar-refractivity contribution is 5.84. The third kappa shape index (κ3) is 2.56. The van der Waals surface area contributed by atoms with Gasteiger partial charge < -0.3 is 9.80 Å². The van der Waals surface area contributed by atoms with Crippen LogP contribution in [0.4, 0.5) is 23.4 Å². The van der Waals surface area contributed by atoms with E-state index in [2.05, 4.69) is 20.1 Å². The average Bonchev–Trinajstić information content (AvgIpc) is 3.04. The maximum Gasteiger partial charge on any atom is 0.419 e. The van der Waals surface area contributed by atoms with Gasteiger partial charge in [-0.1, -0.05) is 0 Å². The van der Waals surface area contributed by atoms with Gasteiger partial charge in [-0.25, -0.2) is 9.37 Å². The van der Waals surface area contributed by atoms with Gasteiger partial charge in [0.15, 0.2) is 11.6 Å². The number of aromatic nitrogens is 4. The third-order valence-electron chi connectivity index (χ3n) is 4.43. The van der Waals surface area contributed by atoms with Crippen LogP contribution in [0.15, 0.2) is 18.5 Å². The molecule has 0 radical (unpaired) electrons. The highest BCUT2D eigenvalue weighted by atomic mass is 19.4. The van der Waals surface area contributed by atoms with Crippen LogP contribution in [0.1, 0.15) is 5.56 Å². The predicted octanol–water partition coefficient (Wildman–Crippen LogP) is 2.19. The van der Waals surface area contributed by atoms with Crippen LogP contribution in [0.2, 0.25) is 0 Å². The lowest BCUT2D eigenvalue weighted by Gasteiger charge is -2.33. The zero-order chi connectivity index (χ0) is 17.8. The summed E-state index contributed by atoms with van der Waals surface area (Å²) < 4.78 is 55.1. The Morgan fingerprint density at radius 1 is 1.08 bits per heavy atom. The Morgan fingerprint density at radius 2 is 1.80 bits per heavy atom. The second-order valence-corrected chi connectivity index (χ2v) is 6.04. The molecule has 0 unspecified atom stereocenters. The van der Waals surface area contributed by atoms with Crippen LogP contribution in [0, 0.1) is 5.82 Å². The van der Waals surface area contributed by atoms with Crippen LogP contribution >= 0.6 is 0 Å². The van der Waals surface area contributed by atoms with Crippen LogP contribution in [0.3, 0.4) is 0 Å². The summed E-state index contributed by atoms with van der Waals surface area (Å²) in [5.41, 5.74) is -1.07. The molecule has 0 spiro atoms. The number of benzene rings is 1. The number of alkyl halides is 3. The number of hydrogen-bond acceptors (Lipinski definition) is 5. The van der Waals surface area contributed by atoms with E-state index in [1.165, 1.54) is 16.8 Å². The summed E-state index contributed by atoms with van der Waals surface area (Å²) in [6, 6.07) is 1.91. The van der Waals surface area contributed by atoms with Gasteiger partial charge in [-0.2, -0.15) is 13.2 Å². The van der Waals surface area contributed by atoms with Crippen molar-refractivity contribution in [2.24, 2.45) is 0 Å². The van der Waals surface area contributed by atoms with E-state index in [-0.39, 0.29) is 11.0 Å². The molecule has 1 aromatic carbocycles. The summed E-state index contributed by atoms with van der Waals surface area (Å²) in [7, 11) is 1.98. The number of halogens is 4. The van der Waals surface area contributed by atoms with Crippen molar-refractivity contribution < 1.29 is 17.6 Å². The van der Waals surface area contributed by atoms with Crippen LogP contribution < -0.4 is 4.90 Å². The predicted molar refractivity (Wildman–Crippen MR) is 83.0 cm³/mol. The summed E-state index contributed by atoms with van der Waals surface area (Å²) in [5.74, 6) is -1.03. The van der Waals surface area contributed by atoms with Gasteiger partial charge in [0.1, 0.15) is 11.8 Å². The number of fused-ring (bicyclic) bond motifs is 3. The Labute approximate surface area is 139 Å². The smallest absolute Gasteiger partial charge is 0.351 e. The SMILES string of the molecule is CN1CCN(c2nc3c(F)c(C(F)(F)F)ccc3n3cnnc23)CC1.